The maximum atomic E-state index is 12.3. The summed E-state index contributed by atoms with van der Waals surface area (Å²) >= 11 is 1.67. The van der Waals surface area contributed by atoms with Crippen LogP contribution in [0.1, 0.15) is 41.9 Å². The van der Waals surface area contributed by atoms with Gasteiger partial charge >= 0.3 is 0 Å². The molecule has 4 nitrogen and oxygen atoms in total. The van der Waals surface area contributed by atoms with Crippen molar-refractivity contribution in [3.05, 3.63) is 45.8 Å². The zero-order chi connectivity index (χ0) is 15.2. The molecule has 112 valence electrons. The third-order valence-corrected chi connectivity index (χ3v) is 3.90. The lowest BCUT2D eigenvalue weighted by atomic mass is 10.1. The molecule has 0 saturated carbocycles. The monoisotopic (exact) mass is 303 g/mol. The van der Waals surface area contributed by atoms with Crippen LogP contribution in [0.25, 0.3) is 0 Å². The number of nitrogens with two attached hydrogens (primary N) is 1. The Morgan fingerprint density at radius 1 is 1.48 bits per heavy atom. The smallest absolute Gasteiger partial charge is 0.251 e. The van der Waals surface area contributed by atoms with Crippen LogP contribution in [0.2, 0.25) is 0 Å². The van der Waals surface area contributed by atoms with Gasteiger partial charge in [0.25, 0.3) is 5.91 Å². The molecule has 0 aliphatic heterocycles. The summed E-state index contributed by atoms with van der Waals surface area (Å²) < 4.78 is 0. The number of nitrogens with one attached hydrogen (secondary N) is 1. The van der Waals surface area contributed by atoms with E-state index in [0.29, 0.717) is 11.4 Å². The van der Waals surface area contributed by atoms with E-state index in [-0.39, 0.29) is 11.9 Å². The van der Waals surface area contributed by atoms with E-state index in [9.17, 15) is 4.79 Å². The highest BCUT2D eigenvalue weighted by Gasteiger charge is 2.12. The summed E-state index contributed by atoms with van der Waals surface area (Å²) in [6.45, 7) is 4.08. The van der Waals surface area contributed by atoms with Gasteiger partial charge in [0.05, 0.1) is 0 Å². The number of aromatic nitrogens is 1. The molecule has 2 aromatic heterocycles. The minimum absolute atomic E-state index is 0.0797. The van der Waals surface area contributed by atoms with E-state index >= 15 is 0 Å². The summed E-state index contributed by atoms with van der Waals surface area (Å²) in [5.41, 5.74) is 8.48. The van der Waals surface area contributed by atoms with Crippen LogP contribution in [0.5, 0.6) is 0 Å². The normalized spacial score (nSPS) is 12.1. The predicted molar refractivity (Wildman–Crippen MR) is 87.6 cm³/mol. The molecule has 0 aromatic carbocycles. The maximum Gasteiger partial charge on any atom is 0.251 e. The molecule has 2 heterocycles. The van der Waals surface area contributed by atoms with Crippen molar-refractivity contribution >= 4 is 23.1 Å². The number of anilines is 1. The van der Waals surface area contributed by atoms with Crippen LogP contribution >= 0.6 is 11.3 Å². The van der Waals surface area contributed by atoms with Gasteiger partial charge in [0.2, 0.25) is 0 Å². The van der Waals surface area contributed by atoms with E-state index in [2.05, 4.69) is 28.7 Å². The van der Waals surface area contributed by atoms with Crippen molar-refractivity contribution in [3.8, 4) is 0 Å². The van der Waals surface area contributed by atoms with Crippen LogP contribution in [0, 0.1) is 0 Å². The molecule has 3 N–H and O–H groups in total. The average Bonchev–Trinajstić information content (AvgIpc) is 2.91. The molecule has 1 amide bonds. The van der Waals surface area contributed by atoms with Gasteiger partial charge in [-0.1, -0.05) is 13.3 Å². The molecule has 0 aliphatic rings. The van der Waals surface area contributed by atoms with Crippen molar-refractivity contribution in [2.75, 3.05) is 5.73 Å². The fourth-order valence-electron chi connectivity index (χ4n) is 2.25. The fourth-order valence-corrected chi connectivity index (χ4v) is 2.93. The number of amides is 1. The molecule has 0 aliphatic carbocycles. The van der Waals surface area contributed by atoms with Crippen molar-refractivity contribution < 1.29 is 4.79 Å². The van der Waals surface area contributed by atoms with E-state index in [1.807, 2.05) is 18.4 Å². The molecular weight excluding hydrogens is 282 g/mol. The molecule has 0 spiro atoms. The number of carbonyl (C=O) groups is 1. The number of thiophene rings is 1. The number of nitrogens with zero attached hydrogens (tertiary/aromatic N) is 1. The number of nitrogen functional groups attached to an aromatic ring is 1. The summed E-state index contributed by atoms with van der Waals surface area (Å²) in [6.07, 6.45) is 2.64. The van der Waals surface area contributed by atoms with Crippen molar-refractivity contribution in [1.29, 1.82) is 0 Å². The summed E-state index contributed by atoms with van der Waals surface area (Å²) in [5.74, 6) is 0.306. The Morgan fingerprint density at radius 3 is 2.95 bits per heavy atom. The SMILES string of the molecule is CCCc1cc(C(=O)NC(C)Cc2ccsc2)cc(N)n1. The predicted octanol–water partition coefficient (Wildman–Crippen LogP) is 3.04. The Kier molecular flexibility index (Phi) is 5.33. The van der Waals surface area contributed by atoms with Crippen LogP contribution < -0.4 is 11.1 Å². The fraction of sp³-hybridized carbons (Fsp3) is 0.375. The first-order valence-corrected chi connectivity index (χ1v) is 8.11. The molecule has 1 unspecified atom stereocenters. The number of rotatable bonds is 6. The number of carbonyl (C=O) groups excluding carboxylic acids is 1. The lowest BCUT2D eigenvalue weighted by Crippen LogP contribution is -2.34. The third-order valence-electron chi connectivity index (χ3n) is 3.17. The van der Waals surface area contributed by atoms with Crippen molar-refractivity contribution in [2.24, 2.45) is 0 Å². The Balaban J connectivity index is 2.02. The minimum atomic E-state index is -0.0933. The first-order chi connectivity index (χ1) is 10.1. The first kappa shape index (κ1) is 15.5. The molecular formula is C16H21N3OS. The molecule has 0 saturated heterocycles. The zero-order valence-electron chi connectivity index (χ0n) is 12.4. The molecule has 5 heteroatoms. The van der Waals surface area contributed by atoms with Gasteiger partial charge in [-0.05, 0) is 54.3 Å². The second kappa shape index (κ2) is 7.22. The molecule has 1 atom stereocenters. The summed E-state index contributed by atoms with van der Waals surface area (Å²) in [5, 5.41) is 7.16. The highest BCUT2D eigenvalue weighted by atomic mass is 32.1. The van der Waals surface area contributed by atoms with Crippen LogP contribution in [0.4, 0.5) is 5.82 Å². The summed E-state index contributed by atoms with van der Waals surface area (Å²) in [6, 6.07) is 5.62. The van der Waals surface area contributed by atoms with Crippen LogP contribution in [0.3, 0.4) is 0 Å². The lowest BCUT2D eigenvalue weighted by molar-refractivity contribution is 0.0940. The zero-order valence-corrected chi connectivity index (χ0v) is 13.2. The number of hydrogen-bond acceptors (Lipinski definition) is 4. The first-order valence-electron chi connectivity index (χ1n) is 7.17. The van der Waals surface area contributed by atoms with Crippen LogP contribution in [0.15, 0.2) is 29.0 Å². The number of hydrogen-bond donors (Lipinski definition) is 2. The summed E-state index contributed by atoms with van der Waals surface area (Å²) in [4.78, 5) is 16.5. The van der Waals surface area contributed by atoms with Gasteiger partial charge < -0.3 is 11.1 Å². The topological polar surface area (TPSA) is 68.0 Å². The molecule has 0 fully saturated rings. The Morgan fingerprint density at radius 2 is 2.29 bits per heavy atom. The average molecular weight is 303 g/mol. The van der Waals surface area contributed by atoms with Gasteiger partial charge in [-0.2, -0.15) is 11.3 Å². The van der Waals surface area contributed by atoms with Gasteiger partial charge in [-0.15, -0.1) is 0 Å². The van der Waals surface area contributed by atoms with Gasteiger partial charge in [0.15, 0.2) is 0 Å². The van der Waals surface area contributed by atoms with Gasteiger partial charge in [-0.3, -0.25) is 4.79 Å². The Bertz CT molecular complexity index is 596. The highest BCUT2D eigenvalue weighted by Crippen LogP contribution is 2.12. The Hall–Kier alpha value is -1.88. The largest absolute Gasteiger partial charge is 0.384 e. The maximum absolute atomic E-state index is 12.3. The minimum Gasteiger partial charge on any atom is -0.384 e. The Labute approximate surface area is 129 Å². The third kappa shape index (κ3) is 4.56. The van der Waals surface area contributed by atoms with Crippen LogP contribution in [-0.4, -0.2) is 16.9 Å². The molecule has 0 radical (unpaired) electrons. The van der Waals surface area contributed by atoms with E-state index in [0.717, 1.165) is 25.0 Å². The van der Waals surface area contributed by atoms with Crippen LogP contribution in [-0.2, 0) is 12.8 Å². The van der Waals surface area contributed by atoms with Gasteiger partial charge in [0.1, 0.15) is 5.82 Å². The molecule has 0 bridgehead atoms. The molecule has 2 rings (SSSR count). The van der Waals surface area contributed by atoms with Crippen molar-refractivity contribution in [3.63, 3.8) is 0 Å². The highest BCUT2D eigenvalue weighted by molar-refractivity contribution is 7.07. The van der Waals surface area contributed by atoms with Gasteiger partial charge in [-0.25, -0.2) is 4.98 Å². The van der Waals surface area contributed by atoms with Crippen molar-refractivity contribution in [1.82, 2.24) is 10.3 Å². The number of pyridine rings is 1. The van der Waals surface area contributed by atoms with E-state index in [1.165, 1.54) is 5.56 Å². The second-order valence-electron chi connectivity index (χ2n) is 5.23. The standard InChI is InChI=1S/C16H21N3OS/c1-3-4-14-8-13(9-15(17)19-14)16(20)18-11(2)7-12-5-6-21-10-12/h5-6,8-11H,3-4,7H2,1-2H3,(H2,17,19)(H,18,20). The van der Waals surface area contributed by atoms with E-state index in [4.69, 9.17) is 5.73 Å². The lowest BCUT2D eigenvalue weighted by Gasteiger charge is -2.14. The summed E-state index contributed by atoms with van der Waals surface area (Å²) in [7, 11) is 0. The number of aryl methyl sites for hydroxylation is 1. The second-order valence-corrected chi connectivity index (χ2v) is 6.01. The molecule has 2 aromatic rings. The quantitative estimate of drug-likeness (QED) is 0.862. The van der Waals surface area contributed by atoms with Crippen molar-refractivity contribution in [2.45, 2.75) is 39.2 Å². The molecule has 21 heavy (non-hydrogen) atoms. The van der Waals surface area contributed by atoms with E-state index in [1.54, 1.807) is 17.4 Å². The van der Waals surface area contributed by atoms with E-state index < -0.39 is 0 Å². The van der Waals surface area contributed by atoms with Gasteiger partial charge in [0, 0.05) is 17.3 Å².